The van der Waals surface area contributed by atoms with Crippen molar-refractivity contribution in [2.24, 2.45) is 0 Å². The Hall–Kier alpha value is -4.51. The summed E-state index contributed by atoms with van der Waals surface area (Å²) in [7, 11) is 0. The Morgan fingerprint density at radius 1 is 1.17 bits per heavy atom. The summed E-state index contributed by atoms with van der Waals surface area (Å²) < 4.78 is 15.9. The monoisotopic (exact) mass is 498 g/mol. The van der Waals surface area contributed by atoms with Crippen LogP contribution in [0.25, 0.3) is 56.0 Å². The van der Waals surface area contributed by atoms with Crippen LogP contribution in [0.5, 0.6) is 0 Å². The van der Waals surface area contributed by atoms with Crippen molar-refractivity contribution < 1.29 is 9.18 Å². The van der Waals surface area contributed by atoms with Gasteiger partial charge in [0.25, 0.3) is 0 Å². The number of H-pyrrole nitrogens is 2. The third-order valence-electron chi connectivity index (χ3n) is 5.76. The molecule has 0 aliphatic rings. The lowest BCUT2D eigenvalue weighted by Gasteiger charge is -2.08. The van der Waals surface area contributed by atoms with Gasteiger partial charge in [0.2, 0.25) is 5.91 Å². The molecule has 6 aromatic heterocycles. The van der Waals surface area contributed by atoms with Crippen LogP contribution in [-0.4, -0.2) is 41.0 Å². The van der Waals surface area contributed by atoms with Gasteiger partial charge in [-0.1, -0.05) is 6.92 Å². The molecular weight excluding hydrogens is 479 g/mol. The lowest BCUT2D eigenvalue weighted by atomic mass is 10.1. The van der Waals surface area contributed by atoms with Crippen molar-refractivity contribution in [3.8, 4) is 33.9 Å². The summed E-state index contributed by atoms with van der Waals surface area (Å²) >= 11 is 1.58. The Balaban J connectivity index is 1.44. The standard InChI is InChI=1S/C25H19FN8OS/c1-2-3-18(35)30-15-8-14(9-27-10-15)16-11-29-24-19(20(16)26)23(33-34-24)25-31-17-4-6-28-21(22(17)32-25)13-5-7-36-12-13/h4-12H,2-3H2,1H3,(H,30,35)(H,31,32)(H,29,33,34). The largest absolute Gasteiger partial charge is 0.337 e. The number of thiophene rings is 1. The van der Waals surface area contributed by atoms with Crippen molar-refractivity contribution in [2.75, 3.05) is 5.32 Å². The molecular formula is C25H19FN8OS. The van der Waals surface area contributed by atoms with E-state index in [1.54, 1.807) is 23.6 Å². The fourth-order valence-electron chi connectivity index (χ4n) is 4.09. The molecule has 0 unspecified atom stereocenters. The van der Waals surface area contributed by atoms with Crippen LogP contribution in [0.3, 0.4) is 0 Å². The predicted molar refractivity (Wildman–Crippen MR) is 137 cm³/mol. The van der Waals surface area contributed by atoms with Gasteiger partial charge >= 0.3 is 0 Å². The normalized spacial score (nSPS) is 11.4. The molecule has 0 aromatic carbocycles. The van der Waals surface area contributed by atoms with Gasteiger partial charge in [0, 0.05) is 47.1 Å². The number of aromatic nitrogens is 7. The van der Waals surface area contributed by atoms with Gasteiger partial charge in [0.15, 0.2) is 11.5 Å². The lowest BCUT2D eigenvalue weighted by Crippen LogP contribution is -2.10. The number of imidazole rings is 1. The Morgan fingerprint density at radius 2 is 2.08 bits per heavy atom. The second kappa shape index (κ2) is 8.93. The molecule has 0 bridgehead atoms. The van der Waals surface area contributed by atoms with Crippen LogP contribution < -0.4 is 5.32 Å². The molecule has 178 valence electrons. The van der Waals surface area contributed by atoms with Crippen LogP contribution >= 0.6 is 11.3 Å². The number of rotatable bonds is 6. The zero-order valence-electron chi connectivity index (χ0n) is 19.0. The van der Waals surface area contributed by atoms with Crippen LogP contribution in [-0.2, 0) is 4.79 Å². The van der Waals surface area contributed by atoms with E-state index < -0.39 is 5.82 Å². The molecule has 0 spiro atoms. The van der Waals surface area contributed by atoms with Crippen LogP contribution in [0.1, 0.15) is 19.8 Å². The second-order valence-corrected chi connectivity index (χ2v) is 8.98. The van der Waals surface area contributed by atoms with E-state index >= 15 is 4.39 Å². The average Bonchev–Trinajstić information content (AvgIpc) is 3.63. The number of aromatic amines is 2. The van der Waals surface area contributed by atoms with E-state index in [0.29, 0.717) is 34.7 Å². The first-order valence-corrected chi connectivity index (χ1v) is 12.2. The molecule has 6 heterocycles. The van der Waals surface area contributed by atoms with E-state index in [9.17, 15) is 4.79 Å². The summed E-state index contributed by atoms with van der Waals surface area (Å²) in [6.07, 6.45) is 7.30. The fourth-order valence-corrected chi connectivity index (χ4v) is 4.73. The SMILES string of the molecule is CCCC(=O)Nc1cncc(-c2cnc3n[nH]c(-c4nc5c(-c6ccsc6)nccc5[nH]4)c3c2F)c1. The minimum absolute atomic E-state index is 0.121. The van der Waals surface area contributed by atoms with Gasteiger partial charge in [-0.05, 0) is 30.0 Å². The minimum atomic E-state index is -0.515. The van der Waals surface area contributed by atoms with E-state index in [1.807, 2.05) is 29.8 Å². The zero-order valence-corrected chi connectivity index (χ0v) is 19.9. The van der Waals surface area contributed by atoms with E-state index in [4.69, 9.17) is 4.98 Å². The number of pyridine rings is 3. The third kappa shape index (κ3) is 3.79. The molecule has 0 saturated heterocycles. The van der Waals surface area contributed by atoms with Crippen molar-refractivity contribution in [1.29, 1.82) is 0 Å². The summed E-state index contributed by atoms with van der Waals surface area (Å²) in [5, 5.41) is 14.0. The Morgan fingerprint density at radius 3 is 2.92 bits per heavy atom. The lowest BCUT2D eigenvalue weighted by molar-refractivity contribution is -0.116. The number of amides is 1. The smallest absolute Gasteiger partial charge is 0.224 e. The third-order valence-corrected chi connectivity index (χ3v) is 6.44. The topological polar surface area (TPSA) is 125 Å². The summed E-state index contributed by atoms with van der Waals surface area (Å²) in [6.45, 7) is 1.93. The van der Waals surface area contributed by atoms with Crippen LogP contribution in [0.4, 0.5) is 10.1 Å². The number of carbonyl (C=O) groups is 1. The highest BCUT2D eigenvalue weighted by atomic mass is 32.1. The van der Waals surface area contributed by atoms with Crippen molar-refractivity contribution in [1.82, 2.24) is 35.1 Å². The molecule has 0 fully saturated rings. The number of anilines is 1. The Labute approximate surface area is 207 Å². The first-order valence-electron chi connectivity index (χ1n) is 11.3. The van der Waals surface area contributed by atoms with Crippen molar-refractivity contribution in [3.05, 3.63) is 59.6 Å². The number of carbonyl (C=O) groups excluding carboxylic acids is 1. The highest BCUT2D eigenvalue weighted by Crippen LogP contribution is 2.34. The fraction of sp³-hybridized carbons (Fsp3) is 0.120. The van der Waals surface area contributed by atoms with E-state index in [-0.39, 0.29) is 22.5 Å². The van der Waals surface area contributed by atoms with Crippen molar-refractivity contribution in [3.63, 3.8) is 0 Å². The van der Waals surface area contributed by atoms with Gasteiger partial charge < -0.3 is 10.3 Å². The Kier molecular flexibility index (Phi) is 5.45. The molecule has 3 N–H and O–H groups in total. The predicted octanol–water partition coefficient (Wildman–Crippen LogP) is 5.56. The number of fused-ring (bicyclic) bond motifs is 2. The maximum absolute atomic E-state index is 15.9. The minimum Gasteiger partial charge on any atom is -0.337 e. The van der Waals surface area contributed by atoms with Crippen LogP contribution in [0.15, 0.2) is 53.7 Å². The Bertz CT molecular complexity index is 1720. The van der Waals surface area contributed by atoms with Gasteiger partial charge in [-0.3, -0.25) is 19.9 Å². The first-order chi connectivity index (χ1) is 17.6. The highest BCUT2D eigenvalue weighted by Gasteiger charge is 2.21. The average molecular weight is 499 g/mol. The molecule has 0 saturated carbocycles. The first kappa shape index (κ1) is 22.0. The van der Waals surface area contributed by atoms with Gasteiger partial charge in [-0.15, -0.1) is 0 Å². The van der Waals surface area contributed by atoms with E-state index in [1.165, 1.54) is 18.6 Å². The molecule has 0 aliphatic carbocycles. The molecule has 9 nitrogen and oxygen atoms in total. The molecule has 11 heteroatoms. The summed E-state index contributed by atoms with van der Waals surface area (Å²) in [6, 6.07) is 5.48. The number of halogens is 1. The molecule has 6 aromatic rings. The molecule has 0 radical (unpaired) electrons. The highest BCUT2D eigenvalue weighted by molar-refractivity contribution is 7.08. The summed E-state index contributed by atoms with van der Waals surface area (Å²) in [5.41, 5.74) is 4.97. The number of hydrogen-bond donors (Lipinski definition) is 3. The summed E-state index contributed by atoms with van der Waals surface area (Å²) in [4.78, 5) is 33.0. The number of hydrogen-bond acceptors (Lipinski definition) is 7. The number of nitrogens with zero attached hydrogens (tertiary/aromatic N) is 5. The quantitative estimate of drug-likeness (QED) is 0.276. The molecule has 1 amide bonds. The van der Waals surface area contributed by atoms with Crippen molar-refractivity contribution >= 4 is 45.0 Å². The maximum atomic E-state index is 15.9. The molecule has 0 atom stereocenters. The van der Waals surface area contributed by atoms with Gasteiger partial charge in [-0.2, -0.15) is 16.4 Å². The molecule has 0 aliphatic heterocycles. The number of nitrogens with one attached hydrogen (secondary N) is 3. The summed E-state index contributed by atoms with van der Waals surface area (Å²) in [5.74, 6) is -0.212. The molecule has 6 rings (SSSR count). The molecule has 36 heavy (non-hydrogen) atoms. The van der Waals surface area contributed by atoms with Gasteiger partial charge in [0.05, 0.1) is 28.5 Å². The maximum Gasteiger partial charge on any atom is 0.224 e. The van der Waals surface area contributed by atoms with Gasteiger partial charge in [0.1, 0.15) is 17.0 Å². The van der Waals surface area contributed by atoms with Gasteiger partial charge in [-0.25, -0.2) is 14.4 Å². The second-order valence-electron chi connectivity index (χ2n) is 8.20. The van der Waals surface area contributed by atoms with Crippen LogP contribution in [0.2, 0.25) is 0 Å². The van der Waals surface area contributed by atoms with E-state index in [0.717, 1.165) is 23.2 Å². The zero-order chi connectivity index (χ0) is 24.6. The van der Waals surface area contributed by atoms with Crippen LogP contribution in [0, 0.1) is 5.82 Å². The van der Waals surface area contributed by atoms with E-state index in [2.05, 4.69) is 35.5 Å². The van der Waals surface area contributed by atoms with Crippen molar-refractivity contribution in [2.45, 2.75) is 19.8 Å².